The summed E-state index contributed by atoms with van der Waals surface area (Å²) in [4.78, 5) is 12.6. The van der Waals surface area contributed by atoms with Crippen molar-refractivity contribution in [3.63, 3.8) is 0 Å². The third-order valence-electron chi connectivity index (χ3n) is 3.69. The van der Waals surface area contributed by atoms with Gasteiger partial charge in [-0.15, -0.1) is 0 Å². The molecule has 0 spiro atoms. The van der Waals surface area contributed by atoms with Crippen molar-refractivity contribution in [2.24, 2.45) is 0 Å². The van der Waals surface area contributed by atoms with Crippen LogP contribution in [0, 0.1) is 11.3 Å². The quantitative estimate of drug-likeness (QED) is 0.666. The van der Waals surface area contributed by atoms with E-state index in [1.807, 2.05) is 26.8 Å². The molecule has 0 saturated carbocycles. The maximum atomic E-state index is 12.6. The third-order valence-corrected chi connectivity index (χ3v) is 3.69. The molecular formula is C19H19NO3. The van der Waals surface area contributed by atoms with Crippen LogP contribution in [0.15, 0.2) is 42.5 Å². The lowest BCUT2D eigenvalue weighted by Gasteiger charge is -2.23. The standard InChI is InChI=1S/C19H19NO3/c1-19(2,3)16-10-13(21)9-14(18(16)23)15(11-20)17(22)12-7-5-4-6-8-12/h4-10,15,21,23H,1-3H3. The van der Waals surface area contributed by atoms with Crippen molar-refractivity contribution in [2.75, 3.05) is 0 Å². The van der Waals surface area contributed by atoms with E-state index in [0.717, 1.165) is 0 Å². The molecule has 0 radical (unpaired) electrons. The molecule has 4 nitrogen and oxygen atoms in total. The second-order valence-corrected chi connectivity index (χ2v) is 6.47. The predicted molar refractivity (Wildman–Crippen MR) is 87.6 cm³/mol. The molecule has 0 amide bonds. The Morgan fingerprint density at radius 3 is 2.26 bits per heavy atom. The van der Waals surface area contributed by atoms with Gasteiger partial charge < -0.3 is 10.2 Å². The van der Waals surface area contributed by atoms with Gasteiger partial charge in [-0.05, 0) is 17.5 Å². The number of phenolic OH excluding ortho intramolecular Hbond substituents is 2. The molecule has 2 N–H and O–H groups in total. The van der Waals surface area contributed by atoms with Crippen LogP contribution in [-0.2, 0) is 5.41 Å². The molecule has 0 saturated heterocycles. The highest BCUT2D eigenvalue weighted by Gasteiger charge is 2.29. The van der Waals surface area contributed by atoms with E-state index in [-0.39, 0.29) is 17.1 Å². The first kappa shape index (κ1) is 16.6. The molecule has 23 heavy (non-hydrogen) atoms. The Kier molecular flexibility index (Phi) is 4.42. The number of Topliss-reactive ketones (excluding diaryl/α,β-unsaturated/α-hetero) is 1. The SMILES string of the molecule is CC(C)(C)c1cc(O)cc(C(C#N)C(=O)c2ccccc2)c1O. The number of rotatable bonds is 3. The number of hydrogen-bond acceptors (Lipinski definition) is 4. The zero-order valence-corrected chi connectivity index (χ0v) is 13.4. The summed E-state index contributed by atoms with van der Waals surface area (Å²) in [7, 11) is 0. The van der Waals surface area contributed by atoms with Crippen LogP contribution in [0.4, 0.5) is 0 Å². The van der Waals surface area contributed by atoms with E-state index in [9.17, 15) is 20.3 Å². The lowest BCUT2D eigenvalue weighted by atomic mass is 9.82. The lowest BCUT2D eigenvalue weighted by Crippen LogP contribution is -2.15. The molecule has 0 aliphatic rings. The van der Waals surface area contributed by atoms with E-state index >= 15 is 0 Å². The minimum absolute atomic E-state index is 0.0798. The summed E-state index contributed by atoms with van der Waals surface area (Å²) in [5.74, 6) is -1.78. The van der Waals surface area contributed by atoms with E-state index < -0.39 is 17.1 Å². The lowest BCUT2D eigenvalue weighted by molar-refractivity contribution is 0.0977. The van der Waals surface area contributed by atoms with Gasteiger partial charge in [0.05, 0.1) is 6.07 Å². The molecule has 0 aromatic heterocycles. The summed E-state index contributed by atoms with van der Waals surface area (Å²) in [5, 5.41) is 29.9. The summed E-state index contributed by atoms with van der Waals surface area (Å²) in [6.45, 7) is 5.64. The number of benzene rings is 2. The van der Waals surface area contributed by atoms with Crippen molar-refractivity contribution in [1.82, 2.24) is 0 Å². The van der Waals surface area contributed by atoms with Gasteiger partial charge >= 0.3 is 0 Å². The Morgan fingerprint density at radius 2 is 1.74 bits per heavy atom. The predicted octanol–water partition coefficient (Wildman–Crippen LogP) is 3.89. The molecule has 0 fully saturated rings. The number of nitrogens with zero attached hydrogens (tertiary/aromatic N) is 1. The Labute approximate surface area is 135 Å². The molecule has 118 valence electrons. The Morgan fingerprint density at radius 1 is 1.13 bits per heavy atom. The van der Waals surface area contributed by atoms with Crippen LogP contribution in [0.3, 0.4) is 0 Å². The normalized spacial score (nSPS) is 12.4. The Hall–Kier alpha value is -2.80. The van der Waals surface area contributed by atoms with Crippen molar-refractivity contribution in [3.8, 4) is 17.6 Å². The zero-order valence-electron chi connectivity index (χ0n) is 13.4. The summed E-state index contributed by atoms with van der Waals surface area (Å²) in [6.07, 6.45) is 0. The highest BCUT2D eigenvalue weighted by molar-refractivity contribution is 6.03. The van der Waals surface area contributed by atoms with E-state index in [0.29, 0.717) is 11.1 Å². The van der Waals surface area contributed by atoms with Gasteiger partial charge in [-0.1, -0.05) is 51.1 Å². The number of carbonyl (C=O) groups excluding carboxylic acids is 1. The van der Waals surface area contributed by atoms with Gasteiger partial charge in [-0.25, -0.2) is 0 Å². The van der Waals surface area contributed by atoms with Crippen LogP contribution in [0.25, 0.3) is 0 Å². The van der Waals surface area contributed by atoms with Crippen LogP contribution < -0.4 is 0 Å². The van der Waals surface area contributed by atoms with Crippen LogP contribution in [0.1, 0.15) is 48.2 Å². The van der Waals surface area contributed by atoms with Crippen LogP contribution >= 0.6 is 0 Å². The van der Waals surface area contributed by atoms with Crippen molar-refractivity contribution in [3.05, 3.63) is 59.2 Å². The van der Waals surface area contributed by atoms with Crippen LogP contribution in [-0.4, -0.2) is 16.0 Å². The maximum absolute atomic E-state index is 12.6. The summed E-state index contributed by atoms with van der Waals surface area (Å²) < 4.78 is 0. The van der Waals surface area contributed by atoms with Gasteiger partial charge in [-0.3, -0.25) is 4.79 Å². The van der Waals surface area contributed by atoms with Gasteiger partial charge in [0.25, 0.3) is 0 Å². The summed E-state index contributed by atoms with van der Waals surface area (Å²) >= 11 is 0. The molecule has 1 atom stereocenters. The monoisotopic (exact) mass is 309 g/mol. The van der Waals surface area contributed by atoms with E-state index in [2.05, 4.69) is 0 Å². The van der Waals surface area contributed by atoms with Crippen molar-refractivity contribution >= 4 is 5.78 Å². The number of hydrogen-bond donors (Lipinski definition) is 2. The first-order valence-corrected chi connectivity index (χ1v) is 7.31. The van der Waals surface area contributed by atoms with Crippen LogP contribution in [0.2, 0.25) is 0 Å². The minimum Gasteiger partial charge on any atom is -0.508 e. The number of aromatic hydroxyl groups is 2. The molecule has 2 aromatic rings. The molecule has 1 unspecified atom stereocenters. The second-order valence-electron chi connectivity index (χ2n) is 6.47. The Balaban J connectivity index is 2.58. The molecule has 2 rings (SSSR count). The fourth-order valence-corrected chi connectivity index (χ4v) is 2.47. The van der Waals surface area contributed by atoms with E-state index in [1.165, 1.54) is 12.1 Å². The number of ketones is 1. The minimum atomic E-state index is -1.18. The average molecular weight is 309 g/mol. The van der Waals surface area contributed by atoms with Crippen molar-refractivity contribution in [2.45, 2.75) is 32.1 Å². The molecule has 4 heteroatoms. The average Bonchev–Trinajstić information content (AvgIpc) is 2.50. The molecule has 2 aromatic carbocycles. The molecule has 0 bridgehead atoms. The first-order chi connectivity index (χ1) is 10.8. The molecule has 0 aliphatic carbocycles. The summed E-state index contributed by atoms with van der Waals surface area (Å²) in [5.41, 5.74) is 0.576. The third kappa shape index (κ3) is 3.35. The van der Waals surface area contributed by atoms with Crippen molar-refractivity contribution < 1.29 is 15.0 Å². The van der Waals surface area contributed by atoms with Gasteiger partial charge in [0, 0.05) is 16.7 Å². The number of carbonyl (C=O) groups is 1. The van der Waals surface area contributed by atoms with E-state index in [4.69, 9.17) is 0 Å². The number of phenols is 2. The van der Waals surface area contributed by atoms with Crippen molar-refractivity contribution in [1.29, 1.82) is 5.26 Å². The number of nitriles is 1. The summed E-state index contributed by atoms with van der Waals surface area (Å²) in [6, 6.07) is 13.1. The fourth-order valence-electron chi connectivity index (χ4n) is 2.47. The fraction of sp³-hybridized carbons (Fsp3) is 0.263. The van der Waals surface area contributed by atoms with Gasteiger partial charge in [-0.2, -0.15) is 5.26 Å². The van der Waals surface area contributed by atoms with Crippen LogP contribution in [0.5, 0.6) is 11.5 Å². The molecular weight excluding hydrogens is 290 g/mol. The smallest absolute Gasteiger partial charge is 0.184 e. The first-order valence-electron chi connectivity index (χ1n) is 7.31. The highest BCUT2D eigenvalue weighted by atomic mass is 16.3. The highest BCUT2D eigenvalue weighted by Crippen LogP contribution is 2.40. The van der Waals surface area contributed by atoms with Gasteiger partial charge in [0.15, 0.2) is 5.78 Å². The van der Waals surface area contributed by atoms with E-state index in [1.54, 1.807) is 30.3 Å². The molecule has 0 aliphatic heterocycles. The van der Waals surface area contributed by atoms with Gasteiger partial charge in [0.2, 0.25) is 0 Å². The topological polar surface area (TPSA) is 81.3 Å². The molecule has 0 heterocycles. The zero-order chi connectivity index (χ0) is 17.2. The maximum Gasteiger partial charge on any atom is 0.184 e. The second kappa shape index (κ2) is 6.13. The van der Waals surface area contributed by atoms with Gasteiger partial charge in [0.1, 0.15) is 17.4 Å². The largest absolute Gasteiger partial charge is 0.508 e. The Bertz CT molecular complexity index is 768.